The molecule has 0 saturated heterocycles. The van der Waals surface area contributed by atoms with Gasteiger partial charge in [0, 0.05) is 5.56 Å². The Balaban J connectivity index is 2.13. The lowest BCUT2D eigenvalue weighted by atomic mass is 10.1. The van der Waals surface area contributed by atoms with Gasteiger partial charge in [0.2, 0.25) is 0 Å². The summed E-state index contributed by atoms with van der Waals surface area (Å²) in [5.41, 5.74) is 1.29. The molecule has 2 rings (SSSR count). The maximum absolute atomic E-state index is 12.9. The maximum Gasteiger partial charge on any atom is 0.251 e. The molecule has 5 heteroatoms. The summed E-state index contributed by atoms with van der Waals surface area (Å²) in [5.74, 6) is 0.509. The first kappa shape index (κ1) is 15.8. The number of hydrogen-bond donors (Lipinski definition) is 1. The number of nitrogens with one attached hydrogen (secondary N) is 1. The van der Waals surface area contributed by atoms with Crippen LogP contribution in [0.15, 0.2) is 42.5 Å². The average molecular weight is 303 g/mol. The fourth-order valence-electron chi connectivity index (χ4n) is 2.09. The molecule has 0 aliphatic rings. The summed E-state index contributed by atoms with van der Waals surface area (Å²) in [7, 11) is 3.05. The molecule has 0 heterocycles. The van der Waals surface area contributed by atoms with Crippen molar-refractivity contribution in [3.63, 3.8) is 0 Å². The highest BCUT2D eigenvalue weighted by Gasteiger charge is 2.14. The molecule has 22 heavy (non-hydrogen) atoms. The molecule has 0 bridgehead atoms. The van der Waals surface area contributed by atoms with Crippen LogP contribution in [-0.2, 0) is 0 Å². The number of carbonyl (C=O) groups is 1. The molecule has 116 valence electrons. The van der Waals surface area contributed by atoms with Crippen LogP contribution in [0, 0.1) is 5.82 Å². The Labute approximate surface area is 128 Å². The predicted molar refractivity (Wildman–Crippen MR) is 81.8 cm³/mol. The first-order valence-electron chi connectivity index (χ1n) is 6.83. The molecule has 0 saturated carbocycles. The molecule has 1 atom stereocenters. The van der Waals surface area contributed by atoms with Gasteiger partial charge in [-0.1, -0.05) is 12.1 Å². The van der Waals surface area contributed by atoms with Crippen molar-refractivity contribution in [3.05, 3.63) is 59.4 Å². The molecule has 0 fully saturated rings. The average Bonchev–Trinajstić information content (AvgIpc) is 2.54. The number of carbonyl (C=O) groups excluding carboxylic acids is 1. The highest BCUT2D eigenvalue weighted by molar-refractivity contribution is 5.95. The van der Waals surface area contributed by atoms with Gasteiger partial charge >= 0.3 is 0 Å². The third-order valence-electron chi connectivity index (χ3n) is 3.36. The fourth-order valence-corrected chi connectivity index (χ4v) is 2.09. The van der Waals surface area contributed by atoms with Gasteiger partial charge in [0.15, 0.2) is 11.5 Å². The maximum atomic E-state index is 12.9. The molecule has 0 radical (unpaired) electrons. The SMILES string of the molecule is COc1ccc(C(=O)N[C@H](C)c2ccc(F)cc2)cc1OC. The molecule has 2 aromatic rings. The van der Waals surface area contributed by atoms with Gasteiger partial charge in [-0.25, -0.2) is 4.39 Å². The second-order valence-electron chi connectivity index (χ2n) is 4.82. The molecular formula is C17H18FNO3. The molecule has 2 aromatic carbocycles. The van der Waals surface area contributed by atoms with E-state index < -0.39 is 0 Å². The zero-order valence-corrected chi connectivity index (χ0v) is 12.7. The van der Waals surface area contributed by atoms with Crippen LogP contribution in [0.2, 0.25) is 0 Å². The fraction of sp³-hybridized carbons (Fsp3) is 0.235. The minimum absolute atomic E-state index is 0.235. The lowest BCUT2D eigenvalue weighted by Gasteiger charge is -2.15. The summed E-state index contributed by atoms with van der Waals surface area (Å²) in [5, 5.41) is 2.86. The van der Waals surface area contributed by atoms with Crippen LogP contribution in [0.4, 0.5) is 4.39 Å². The highest BCUT2D eigenvalue weighted by Crippen LogP contribution is 2.27. The number of rotatable bonds is 5. The minimum Gasteiger partial charge on any atom is -0.493 e. The number of ether oxygens (including phenoxy) is 2. The van der Waals surface area contributed by atoms with Crippen molar-refractivity contribution < 1.29 is 18.7 Å². The van der Waals surface area contributed by atoms with Crippen LogP contribution < -0.4 is 14.8 Å². The van der Waals surface area contributed by atoms with Crippen LogP contribution in [-0.4, -0.2) is 20.1 Å². The Kier molecular flexibility index (Phi) is 4.99. The van der Waals surface area contributed by atoms with Crippen molar-refractivity contribution >= 4 is 5.91 Å². The van der Waals surface area contributed by atoms with Gasteiger partial charge in [-0.3, -0.25) is 4.79 Å². The Morgan fingerprint density at radius 2 is 1.68 bits per heavy atom. The molecule has 1 amide bonds. The van der Waals surface area contributed by atoms with Crippen LogP contribution in [0.1, 0.15) is 28.9 Å². The third-order valence-corrected chi connectivity index (χ3v) is 3.36. The summed E-state index contributed by atoms with van der Waals surface area (Å²) in [4.78, 5) is 12.3. The van der Waals surface area contributed by atoms with Crippen molar-refractivity contribution in [3.8, 4) is 11.5 Å². The quantitative estimate of drug-likeness (QED) is 0.921. The van der Waals surface area contributed by atoms with Gasteiger partial charge in [-0.15, -0.1) is 0 Å². The van der Waals surface area contributed by atoms with E-state index in [4.69, 9.17) is 9.47 Å². The van der Waals surface area contributed by atoms with Gasteiger partial charge in [0.25, 0.3) is 5.91 Å². The molecule has 0 spiro atoms. The summed E-state index contributed by atoms with van der Waals surface area (Å²) >= 11 is 0. The van der Waals surface area contributed by atoms with Gasteiger partial charge in [-0.05, 0) is 42.8 Å². The second kappa shape index (κ2) is 6.93. The van der Waals surface area contributed by atoms with Crippen molar-refractivity contribution in [1.82, 2.24) is 5.32 Å². The summed E-state index contributed by atoms with van der Waals surface area (Å²) in [6.07, 6.45) is 0. The van der Waals surface area contributed by atoms with E-state index in [1.807, 2.05) is 6.92 Å². The minimum atomic E-state index is -0.304. The topological polar surface area (TPSA) is 47.6 Å². The lowest BCUT2D eigenvalue weighted by molar-refractivity contribution is 0.0939. The van der Waals surface area contributed by atoms with Crippen LogP contribution in [0.25, 0.3) is 0 Å². The Bertz CT molecular complexity index is 655. The normalized spacial score (nSPS) is 11.6. The van der Waals surface area contributed by atoms with E-state index in [-0.39, 0.29) is 17.8 Å². The molecule has 4 nitrogen and oxygen atoms in total. The number of benzene rings is 2. The van der Waals surface area contributed by atoms with E-state index in [0.717, 1.165) is 5.56 Å². The molecule has 1 N–H and O–H groups in total. The van der Waals surface area contributed by atoms with Gasteiger partial charge in [-0.2, -0.15) is 0 Å². The molecule has 0 aliphatic heterocycles. The predicted octanol–water partition coefficient (Wildman–Crippen LogP) is 3.33. The smallest absolute Gasteiger partial charge is 0.251 e. The molecule has 0 unspecified atom stereocenters. The van der Waals surface area contributed by atoms with Crippen LogP contribution >= 0.6 is 0 Å². The van der Waals surface area contributed by atoms with E-state index in [9.17, 15) is 9.18 Å². The molecule has 0 aromatic heterocycles. The monoisotopic (exact) mass is 303 g/mol. The van der Waals surface area contributed by atoms with Crippen molar-refractivity contribution in [2.45, 2.75) is 13.0 Å². The summed E-state index contributed by atoms with van der Waals surface area (Å²) in [6, 6.07) is 10.8. The highest BCUT2D eigenvalue weighted by atomic mass is 19.1. The molecule has 0 aliphatic carbocycles. The van der Waals surface area contributed by atoms with Gasteiger partial charge < -0.3 is 14.8 Å². The van der Waals surface area contributed by atoms with E-state index in [2.05, 4.69) is 5.32 Å². The largest absolute Gasteiger partial charge is 0.493 e. The number of methoxy groups -OCH3 is 2. The van der Waals surface area contributed by atoms with Crippen LogP contribution in [0.5, 0.6) is 11.5 Å². The summed E-state index contributed by atoms with van der Waals surface area (Å²) < 4.78 is 23.2. The number of halogens is 1. The van der Waals surface area contributed by atoms with Crippen LogP contribution in [0.3, 0.4) is 0 Å². The first-order chi connectivity index (χ1) is 10.5. The van der Waals surface area contributed by atoms with E-state index in [1.165, 1.54) is 26.4 Å². The van der Waals surface area contributed by atoms with Crippen molar-refractivity contribution in [1.29, 1.82) is 0 Å². The Morgan fingerprint density at radius 3 is 2.27 bits per heavy atom. The Hall–Kier alpha value is -2.56. The standard InChI is InChI=1S/C17H18FNO3/c1-11(12-4-7-14(18)8-5-12)19-17(20)13-6-9-15(21-2)16(10-13)22-3/h4-11H,1-3H3,(H,19,20)/t11-/m1/s1. The zero-order chi connectivity index (χ0) is 16.1. The van der Waals surface area contributed by atoms with Gasteiger partial charge in [0.1, 0.15) is 5.82 Å². The number of hydrogen-bond acceptors (Lipinski definition) is 3. The number of amides is 1. The second-order valence-corrected chi connectivity index (χ2v) is 4.82. The van der Waals surface area contributed by atoms with Crippen molar-refractivity contribution in [2.24, 2.45) is 0 Å². The molecular weight excluding hydrogens is 285 g/mol. The lowest BCUT2D eigenvalue weighted by Crippen LogP contribution is -2.26. The van der Waals surface area contributed by atoms with E-state index >= 15 is 0 Å². The van der Waals surface area contributed by atoms with Crippen molar-refractivity contribution in [2.75, 3.05) is 14.2 Å². The zero-order valence-electron chi connectivity index (χ0n) is 12.7. The summed E-state index contributed by atoms with van der Waals surface area (Å²) in [6.45, 7) is 1.84. The first-order valence-corrected chi connectivity index (χ1v) is 6.83. The Morgan fingerprint density at radius 1 is 1.05 bits per heavy atom. The third kappa shape index (κ3) is 3.55. The van der Waals surface area contributed by atoms with Gasteiger partial charge in [0.05, 0.1) is 20.3 Å². The van der Waals surface area contributed by atoms with E-state index in [0.29, 0.717) is 17.1 Å². The van der Waals surface area contributed by atoms with E-state index in [1.54, 1.807) is 30.3 Å².